The van der Waals surface area contributed by atoms with Crippen LogP contribution in [0.25, 0.3) is 0 Å². The van der Waals surface area contributed by atoms with Crippen molar-refractivity contribution < 1.29 is 4.74 Å². The number of methoxy groups -OCH3 is 1. The van der Waals surface area contributed by atoms with Gasteiger partial charge in [-0.3, -0.25) is 4.99 Å². The lowest BCUT2D eigenvalue weighted by Crippen LogP contribution is -2.40. The zero-order valence-corrected chi connectivity index (χ0v) is 13.2. The summed E-state index contributed by atoms with van der Waals surface area (Å²) in [6.45, 7) is 3.06. The van der Waals surface area contributed by atoms with Gasteiger partial charge in [0, 0.05) is 5.69 Å². The van der Waals surface area contributed by atoms with Crippen molar-refractivity contribution in [2.45, 2.75) is 51.5 Å². The highest BCUT2D eigenvalue weighted by Gasteiger charge is 2.26. The van der Waals surface area contributed by atoms with E-state index in [9.17, 15) is 0 Å². The predicted molar refractivity (Wildman–Crippen MR) is 89.1 cm³/mol. The quantitative estimate of drug-likeness (QED) is 0.744. The molecule has 1 aromatic rings. The van der Waals surface area contributed by atoms with Crippen LogP contribution in [0, 0.1) is 0 Å². The summed E-state index contributed by atoms with van der Waals surface area (Å²) < 4.78 is 5.21. The van der Waals surface area contributed by atoms with Crippen LogP contribution in [0.1, 0.15) is 45.4 Å². The highest BCUT2D eigenvalue weighted by molar-refractivity contribution is 5.97. The van der Waals surface area contributed by atoms with E-state index in [1.807, 2.05) is 12.1 Å². The van der Waals surface area contributed by atoms with Gasteiger partial charge in [0.25, 0.3) is 0 Å². The van der Waals surface area contributed by atoms with Gasteiger partial charge in [0.05, 0.1) is 19.7 Å². The van der Waals surface area contributed by atoms with Crippen LogP contribution in [0.4, 0.5) is 5.69 Å². The van der Waals surface area contributed by atoms with Crippen LogP contribution in [0.15, 0.2) is 29.3 Å². The van der Waals surface area contributed by atoms with E-state index >= 15 is 0 Å². The van der Waals surface area contributed by atoms with Crippen LogP contribution >= 0.6 is 0 Å². The SMILES string of the molecule is CCCCCCCC1CN=C(N)N1c1ccc(OC)cc1. The number of hydrogen-bond donors (Lipinski definition) is 1. The summed E-state index contributed by atoms with van der Waals surface area (Å²) in [5.74, 6) is 1.50. The maximum absolute atomic E-state index is 6.07. The molecule has 1 unspecified atom stereocenters. The fourth-order valence-electron chi connectivity index (χ4n) is 2.83. The minimum Gasteiger partial charge on any atom is -0.497 e. The number of rotatable bonds is 8. The summed E-state index contributed by atoms with van der Waals surface area (Å²) in [5, 5.41) is 0. The van der Waals surface area contributed by atoms with Crippen molar-refractivity contribution in [1.82, 2.24) is 0 Å². The molecule has 0 bridgehead atoms. The predicted octanol–water partition coefficient (Wildman–Crippen LogP) is 3.56. The fourth-order valence-corrected chi connectivity index (χ4v) is 2.83. The van der Waals surface area contributed by atoms with Gasteiger partial charge < -0.3 is 15.4 Å². The van der Waals surface area contributed by atoms with Crippen LogP contribution in [-0.4, -0.2) is 25.7 Å². The number of unbranched alkanes of at least 4 members (excludes halogenated alkanes) is 4. The molecule has 1 aromatic carbocycles. The maximum Gasteiger partial charge on any atom is 0.196 e. The first kappa shape index (κ1) is 15.7. The number of ether oxygens (including phenoxy) is 1. The highest BCUT2D eigenvalue weighted by atomic mass is 16.5. The summed E-state index contributed by atoms with van der Waals surface area (Å²) >= 11 is 0. The molecular weight excluding hydrogens is 262 g/mol. The monoisotopic (exact) mass is 289 g/mol. The van der Waals surface area contributed by atoms with Gasteiger partial charge >= 0.3 is 0 Å². The Labute approximate surface area is 128 Å². The van der Waals surface area contributed by atoms with Gasteiger partial charge in [0.2, 0.25) is 0 Å². The molecule has 0 saturated heterocycles. The molecule has 2 N–H and O–H groups in total. The molecule has 1 heterocycles. The van der Waals surface area contributed by atoms with Gasteiger partial charge in [-0.15, -0.1) is 0 Å². The van der Waals surface area contributed by atoms with E-state index in [-0.39, 0.29) is 0 Å². The van der Waals surface area contributed by atoms with Crippen molar-refractivity contribution in [1.29, 1.82) is 0 Å². The van der Waals surface area contributed by atoms with Crippen molar-refractivity contribution in [3.8, 4) is 5.75 Å². The van der Waals surface area contributed by atoms with Gasteiger partial charge in [0.1, 0.15) is 5.75 Å². The third-order valence-electron chi connectivity index (χ3n) is 4.07. The minimum atomic E-state index is 0.403. The molecule has 1 atom stereocenters. The number of hydrogen-bond acceptors (Lipinski definition) is 4. The molecule has 0 aliphatic carbocycles. The van der Waals surface area contributed by atoms with Crippen LogP contribution < -0.4 is 15.4 Å². The standard InChI is InChI=1S/C17H27N3O/c1-3-4-5-6-7-8-15-13-19-17(18)20(15)14-9-11-16(21-2)12-10-14/h9-12,15H,3-8,13H2,1-2H3,(H2,18,19). The number of guanidine groups is 1. The molecular formula is C17H27N3O. The zero-order valence-electron chi connectivity index (χ0n) is 13.2. The van der Waals surface area contributed by atoms with Gasteiger partial charge in [-0.05, 0) is 30.7 Å². The molecule has 116 valence electrons. The van der Waals surface area contributed by atoms with E-state index in [2.05, 4.69) is 28.9 Å². The summed E-state index contributed by atoms with van der Waals surface area (Å²) in [6, 6.07) is 8.45. The van der Waals surface area contributed by atoms with Crippen LogP contribution in [0.5, 0.6) is 5.75 Å². The van der Waals surface area contributed by atoms with Gasteiger partial charge in [-0.1, -0.05) is 39.0 Å². The molecule has 0 amide bonds. The molecule has 21 heavy (non-hydrogen) atoms. The van der Waals surface area contributed by atoms with Crippen molar-refractivity contribution in [3.05, 3.63) is 24.3 Å². The lowest BCUT2D eigenvalue weighted by Gasteiger charge is -2.26. The smallest absolute Gasteiger partial charge is 0.196 e. The van der Waals surface area contributed by atoms with Crippen molar-refractivity contribution in [3.63, 3.8) is 0 Å². The summed E-state index contributed by atoms with van der Waals surface area (Å²) in [4.78, 5) is 6.59. The Hall–Kier alpha value is -1.71. The molecule has 0 spiro atoms. The number of anilines is 1. The van der Waals surface area contributed by atoms with E-state index in [0.717, 1.165) is 24.4 Å². The van der Waals surface area contributed by atoms with Gasteiger partial charge in [-0.2, -0.15) is 0 Å². The molecule has 4 nitrogen and oxygen atoms in total. The van der Waals surface area contributed by atoms with E-state index in [0.29, 0.717) is 12.0 Å². The second-order valence-corrected chi connectivity index (χ2v) is 5.62. The lowest BCUT2D eigenvalue weighted by atomic mass is 10.1. The first-order chi connectivity index (χ1) is 10.3. The third kappa shape index (κ3) is 4.13. The normalized spacial score (nSPS) is 17.9. The Bertz CT molecular complexity index is 456. The molecule has 0 radical (unpaired) electrons. The molecule has 0 aromatic heterocycles. The van der Waals surface area contributed by atoms with Crippen molar-refractivity contribution in [2.75, 3.05) is 18.6 Å². The molecule has 0 fully saturated rings. The summed E-state index contributed by atoms with van der Waals surface area (Å²) in [7, 11) is 1.68. The second-order valence-electron chi connectivity index (χ2n) is 5.62. The van der Waals surface area contributed by atoms with Gasteiger partial charge in [0.15, 0.2) is 5.96 Å². The Balaban J connectivity index is 1.92. The molecule has 4 heteroatoms. The first-order valence-corrected chi connectivity index (χ1v) is 7.99. The van der Waals surface area contributed by atoms with E-state index < -0.39 is 0 Å². The zero-order chi connectivity index (χ0) is 15.1. The molecule has 0 saturated carbocycles. The van der Waals surface area contributed by atoms with Crippen LogP contribution in [0.2, 0.25) is 0 Å². The van der Waals surface area contributed by atoms with E-state index in [1.165, 1.54) is 32.1 Å². The Morgan fingerprint density at radius 3 is 2.57 bits per heavy atom. The third-order valence-corrected chi connectivity index (χ3v) is 4.07. The Morgan fingerprint density at radius 1 is 1.19 bits per heavy atom. The number of nitrogens with two attached hydrogens (primary N) is 1. The summed E-state index contributed by atoms with van der Waals surface area (Å²) in [6.07, 6.45) is 7.67. The fraction of sp³-hybridized carbons (Fsp3) is 0.588. The van der Waals surface area contributed by atoms with E-state index in [1.54, 1.807) is 7.11 Å². The molecule has 2 rings (SSSR count). The molecule has 1 aliphatic rings. The number of aliphatic imine (C=N–C) groups is 1. The van der Waals surface area contributed by atoms with Crippen molar-refractivity contribution >= 4 is 11.6 Å². The summed E-state index contributed by atoms with van der Waals surface area (Å²) in [5.41, 5.74) is 7.17. The Kier molecular flexibility index (Phi) is 5.90. The second kappa shape index (κ2) is 7.91. The van der Waals surface area contributed by atoms with Crippen LogP contribution in [-0.2, 0) is 0 Å². The highest BCUT2D eigenvalue weighted by Crippen LogP contribution is 2.26. The van der Waals surface area contributed by atoms with Gasteiger partial charge in [-0.25, -0.2) is 0 Å². The lowest BCUT2D eigenvalue weighted by molar-refractivity contribution is 0.415. The van der Waals surface area contributed by atoms with Crippen molar-refractivity contribution in [2.24, 2.45) is 10.7 Å². The minimum absolute atomic E-state index is 0.403. The molecule has 1 aliphatic heterocycles. The average Bonchev–Trinajstić information content (AvgIpc) is 2.88. The first-order valence-electron chi connectivity index (χ1n) is 7.99. The topological polar surface area (TPSA) is 50.8 Å². The maximum atomic E-state index is 6.07. The number of nitrogens with zero attached hydrogens (tertiary/aromatic N) is 2. The number of benzene rings is 1. The Morgan fingerprint density at radius 2 is 1.90 bits per heavy atom. The van der Waals surface area contributed by atoms with E-state index in [4.69, 9.17) is 10.5 Å². The average molecular weight is 289 g/mol. The van der Waals surface area contributed by atoms with Crippen LogP contribution in [0.3, 0.4) is 0 Å². The largest absolute Gasteiger partial charge is 0.497 e.